The van der Waals surface area contributed by atoms with Crippen LogP contribution in [0.3, 0.4) is 0 Å². The minimum absolute atomic E-state index is 0.616. The summed E-state index contributed by atoms with van der Waals surface area (Å²) in [5, 5.41) is 0. The topological polar surface area (TPSA) is 45.4 Å². The highest BCUT2D eigenvalue weighted by Crippen LogP contribution is 2.16. The Morgan fingerprint density at radius 2 is 2.12 bits per heavy atom. The summed E-state index contributed by atoms with van der Waals surface area (Å²) in [4.78, 5) is 8.85. The summed E-state index contributed by atoms with van der Waals surface area (Å²) >= 11 is 0. The Hall–Kier alpha value is -1.13. The highest BCUT2D eigenvalue weighted by atomic mass is 15.2. The number of aromatic nitrogens is 1. The molecule has 1 fully saturated rings. The van der Waals surface area contributed by atoms with Gasteiger partial charge >= 0.3 is 0 Å². The largest absolute Gasteiger partial charge is 0.384 e. The van der Waals surface area contributed by atoms with E-state index in [1.54, 1.807) is 6.20 Å². The summed E-state index contributed by atoms with van der Waals surface area (Å²) in [6.45, 7) is 3.34. The summed E-state index contributed by atoms with van der Waals surface area (Å²) in [5.41, 5.74) is 6.95. The smallest absolute Gasteiger partial charge is 0.123 e. The number of nitrogens with zero attached hydrogens (tertiary/aromatic N) is 3. The second kappa shape index (κ2) is 5.47. The molecule has 0 amide bonds. The van der Waals surface area contributed by atoms with Crippen LogP contribution in [0, 0.1) is 0 Å². The van der Waals surface area contributed by atoms with E-state index in [1.807, 2.05) is 12.1 Å². The van der Waals surface area contributed by atoms with Gasteiger partial charge in [-0.05, 0) is 57.7 Å². The van der Waals surface area contributed by atoms with Crippen molar-refractivity contribution in [2.75, 3.05) is 32.9 Å². The van der Waals surface area contributed by atoms with E-state index in [-0.39, 0.29) is 0 Å². The monoisotopic (exact) mass is 234 g/mol. The summed E-state index contributed by atoms with van der Waals surface area (Å²) in [6.07, 6.45) is 4.30. The number of nitrogens with two attached hydrogens (primary N) is 1. The first kappa shape index (κ1) is 12.3. The number of pyridine rings is 1. The fourth-order valence-electron chi connectivity index (χ4n) is 2.44. The van der Waals surface area contributed by atoms with Gasteiger partial charge in [-0.25, -0.2) is 4.98 Å². The van der Waals surface area contributed by atoms with Crippen LogP contribution in [0.5, 0.6) is 0 Å². The zero-order valence-electron chi connectivity index (χ0n) is 10.8. The third kappa shape index (κ3) is 3.41. The molecular weight excluding hydrogens is 212 g/mol. The Balaban J connectivity index is 1.86. The third-order valence-corrected chi connectivity index (χ3v) is 3.54. The van der Waals surface area contributed by atoms with E-state index >= 15 is 0 Å². The average molecular weight is 234 g/mol. The summed E-state index contributed by atoms with van der Waals surface area (Å²) in [5.74, 6) is 0.616. The van der Waals surface area contributed by atoms with Crippen molar-refractivity contribution >= 4 is 5.82 Å². The molecule has 2 heterocycles. The molecule has 2 rings (SSSR count). The van der Waals surface area contributed by atoms with E-state index in [2.05, 4.69) is 28.9 Å². The highest BCUT2D eigenvalue weighted by Gasteiger charge is 2.20. The lowest BCUT2D eigenvalue weighted by Crippen LogP contribution is -2.41. The van der Waals surface area contributed by atoms with Gasteiger partial charge in [-0.1, -0.05) is 0 Å². The first-order valence-electron chi connectivity index (χ1n) is 6.24. The summed E-state index contributed by atoms with van der Waals surface area (Å²) in [6, 6.07) is 4.76. The Labute approximate surface area is 103 Å². The molecule has 0 unspecified atom stereocenters. The van der Waals surface area contributed by atoms with Crippen LogP contribution in [0.1, 0.15) is 18.4 Å². The maximum absolute atomic E-state index is 5.69. The number of nitrogen functional groups attached to an aromatic ring is 1. The van der Waals surface area contributed by atoms with E-state index in [1.165, 1.54) is 31.5 Å². The molecule has 1 aromatic heterocycles. The number of rotatable bonds is 3. The predicted octanol–water partition coefficient (Wildman–Crippen LogP) is 1.19. The molecule has 0 radical (unpaired) electrons. The van der Waals surface area contributed by atoms with E-state index in [0.717, 1.165) is 12.6 Å². The normalized spacial score (nSPS) is 18.8. The average Bonchev–Trinajstić information content (AvgIpc) is 2.29. The van der Waals surface area contributed by atoms with Gasteiger partial charge < -0.3 is 10.6 Å². The molecule has 4 nitrogen and oxygen atoms in total. The standard InChI is InChI=1S/C13H22N4/c1-16(2)12-4-7-17(8-5-12)10-11-3-6-15-13(14)9-11/h3,6,9,12H,4-5,7-8,10H2,1-2H3,(H2,14,15). The van der Waals surface area contributed by atoms with Crippen molar-refractivity contribution in [2.24, 2.45) is 0 Å². The van der Waals surface area contributed by atoms with Gasteiger partial charge in [0, 0.05) is 18.8 Å². The van der Waals surface area contributed by atoms with E-state index < -0.39 is 0 Å². The summed E-state index contributed by atoms with van der Waals surface area (Å²) in [7, 11) is 4.34. The maximum atomic E-state index is 5.69. The van der Waals surface area contributed by atoms with Crippen molar-refractivity contribution in [3.05, 3.63) is 23.9 Å². The number of anilines is 1. The van der Waals surface area contributed by atoms with Crippen LogP contribution in [-0.2, 0) is 6.54 Å². The van der Waals surface area contributed by atoms with E-state index in [4.69, 9.17) is 5.73 Å². The molecule has 0 bridgehead atoms. The molecule has 1 aliphatic rings. The van der Waals surface area contributed by atoms with Gasteiger partial charge in [-0.3, -0.25) is 4.90 Å². The zero-order chi connectivity index (χ0) is 12.3. The molecule has 94 valence electrons. The van der Waals surface area contributed by atoms with Gasteiger partial charge in [-0.2, -0.15) is 0 Å². The van der Waals surface area contributed by atoms with Gasteiger partial charge in [0.05, 0.1) is 0 Å². The molecule has 0 saturated carbocycles. The second-order valence-corrected chi connectivity index (χ2v) is 5.06. The number of hydrogen-bond acceptors (Lipinski definition) is 4. The van der Waals surface area contributed by atoms with Gasteiger partial charge in [0.1, 0.15) is 5.82 Å². The number of likely N-dealkylation sites (tertiary alicyclic amines) is 1. The van der Waals surface area contributed by atoms with Crippen molar-refractivity contribution in [2.45, 2.75) is 25.4 Å². The van der Waals surface area contributed by atoms with Crippen molar-refractivity contribution < 1.29 is 0 Å². The molecule has 0 aliphatic carbocycles. The molecule has 0 atom stereocenters. The van der Waals surface area contributed by atoms with Gasteiger partial charge in [0.25, 0.3) is 0 Å². The Kier molecular flexibility index (Phi) is 3.97. The minimum Gasteiger partial charge on any atom is -0.384 e. The lowest BCUT2D eigenvalue weighted by Gasteiger charge is -2.35. The molecule has 2 N–H and O–H groups in total. The number of piperidine rings is 1. The van der Waals surface area contributed by atoms with E-state index in [9.17, 15) is 0 Å². The van der Waals surface area contributed by atoms with Crippen molar-refractivity contribution in [3.8, 4) is 0 Å². The molecule has 0 aromatic carbocycles. The van der Waals surface area contributed by atoms with Crippen molar-refractivity contribution in [3.63, 3.8) is 0 Å². The first-order valence-corrected chi connectivity index (χ1v) is 6.24. The minimum atomic E-state index is 0.616. The van der Waals surface area contributed by atoms with Gasteiger partial charge in [0.2, 0.25) is 0 Å². The van der Waals surface area contributed by atoms with Crippen LogP contribution in [0.15, 0.2) is 18.3 Å². The second-order valence-electron chi connectivity index (χ2n) is 5.06. The Morgan fingerprint density at radius 3 is 2.71 bits per heavy atom. The van der Waals surface area contributed by atoms with Crippen molar-refractivity contribution in [1.82, 2.24) is 14.8 Å². The quantitative estimate of drug-likeness (QED) is 0.853. The lowest BCUT2D eigenvalue weighted by atomic mass is 10.0. The maximum Gasteiger partial charge on any atom is 0.123 e. The predicted molar refractivity (Wildman–Crippen MR) is 70.6 cm³/mol. The molecule has 1 aliphatic heterocycles. The summed E-state index contributed by atoms with van der Waals surface area (Å²) < 4.78 is 0. The van der Waals surface area contributed by atoms with Crippen LogP contribution in [-0.4, -0.2) is 48.0 Å². The highest BCUT2D eigenvalue weighted by molar-refractivity contribution is 5.31. The SMILES string of the molecule is CN(C)C1CCN(Cc2ccnc(N)c2)CC1. The fraction of sp³-hybridized carbons (Fsp3) is 0.615. The third-order valence-electron chi connectivity index (χ3n) is 3.54. The van der Waals surface area contributed by atoms with Gasteiger partial charge in [0.15, 0.2) is 0 Å². The van der Waals surface area contributed by atoms with E-state index in [0.29, 0.717) is 5.82 Å². The Bertz CT molecular complexity index is 356. The Morgan fingerprint density at radius 1 is 1.41 bits per heavy atom. The van der Waals surface area contributed by atoms with Crippen LogP contribution in [0.4, 0.5) is 5.82 Å². The fourth-order valence-corrected chi connectivity index (χ4v) is 2.44. The first-order chi connectivity index (χ1) is 8.15. The van der Waals surface area contributed by atoms with Crippen LogP contribution < -0.4 is 5.73 Å². The molecule has 1 aromatic rings. The van der Waals surface area contributed by atoms with Crippen LogP contribution in [0.2, 0.25) is 0 Å². The molecule has 4 heteroatoms. The molecular formula is C13H22N4. The lowest BCUT2D eigenvalue weighted by molar-refractivity contribution is 0.140. The number of hydrogen-bond donors (Lipinski definition) is 1. The van der Waals surface area contributed by atoms with Crippen LogP contribution in [0.25, 0.3) is 0 Å². The van der Waals surface area contributed by atoms with Gasteiger partial charge in [-0.15, -0.1) is 0 Å². The molecule has 17 heavy (non-hydrogen) atoms. The van der Waals surface area contributed by atoms with Crippen molar-refractivity contribution in [1.29, 1.82) is 0 Å². The molecule has 1 saturated heterocycles. The zero-order valence-corrected chi connectivity index (χ0v) is 10.8. The molecule has 0 spiro atoms. The van der Waals surface area contributed by atoms with Crippen LogP contribution >= 0.6 is 0 Å².